The van der Waals surface area contributed by atoms with Gasteiger partial charge >= 0.3 is 0 Å². The highest BCUT2D eigenvalue weighted by molar-refractivity contribution is 9.10. The van der Waals surface area contributed by atoms with E-state index in [2.05, 4.69) is 21.2 Å². The van der Waals surface area contributed by atoms with Crippen molar-refractivity contribution >= 4 is 39.3 Å². The van der Waals surface area contributed by atoms with Crippen LogP contribution < -0.4 is 5.32 Å². The molecule has 17 heavy (non-hydrogen) atoms. The zero-order chi connectivity index (χ0) is 12.5. The molecule has 5 heteroatoms. The van der Waals surface area contributed by atoms with Gasteiger partial charge in [0.1, 0.15) is 0 Å². The monoisotopic (exact) mass is 337 g/mol. The number of thioether (sulfide) groups is 1. The first-order chi connectivity index (χ1) is 8.24. The van der Waals surface area contributed by atoms with Crippen LogP contribution in [-0.2, 0) is 6.54 Å². The Hall–Kier alpha value is 0.260. The Morgan fingerprint density at radius 2 is 2.18 bits per heavy atom. The molecule has 2 N–H and O–H groups in total. The third kappa shape index (κ3) is 6.67. The van der Waals surface area contributed by atoms with Crippen molar-refractivity contribution in [1.82, 2.24) is 5.32 Å². The first-order valence-corrected chi connectivity index (χ1v) is 7.90. The lowest BCUT2D eigenvalue weighted by molar-refractivity contribution is 0.296. The van der Waals surface area contributed by atoms with Crippen LogP contribution in [0.25, 0.3) is 0 Å². The normalized spacial score (nSPS) is 10.8. The predicted octanol–water partition coefficient (Wildman–Crippen LogP) is 3.31. The van der Waals surface area contributed by atoms with Crippen LogP contribution in [0.4, 0.5) is 0 Å². The minimum Gasteiger partial charge on any atom is -0.396 e. The molecular weight excluding hydrogens is 322 g/mol. The van der Waals surface area contributed by atoms with Crippen molar-refractivity contribution in [2.24, 2.45) is 0 Å². The number of halogens is 2. The summed E-state index contributed by atoms with van der Waals surface area (Å²) >= 11 is 11.2. The maximum Gasteiger partial charge on any atom is 0.0438 e. The van der Waals surface area contributed by atoms with Crippen LogP contribution in [0.1, 0.15) is 12.0 Å². The number of benzene rings is 1. The molecule has 0 aliphatic rings. The van der Waals surface area contributed by atoms with Crippen LogP contribution in [0.5, 0.6) is 0 Å². The summed E-state index contributed by atoms with van der Waals surface area (Å²) in [6.45, 7) is 2.11. The van der Waals surface area contributed by atoms with Crippen LogP contribution >= 0.6 is 39.3 Å². The van der Waals surface area contributed by atoms with Gasteiger partial charge in [-0.3, -0.25) is 0 Å². The molecular formula is C12H17BrClNOS. The third-order valence-corrected chi connectivity index (χ3v) is 4.24. The largest absolute Gasteiger partial charge is 0.396 e. The highest BCUT2D eigenvalue weighted by atomic mass is 79.9. The van der Waals surface area contributed by atoms with E-state index in [1.807, 2.05) is 30.0 Å². The van der Waals surface area contributed by atoms with Crippen LogP contribution in [0.15, 0.2) is 22.7 Å². The number of nitrogens with one attached hydrogen (secondary N) is 1. The van der Waals surface area contributed by atoms with E-state index in [0.29, 0.717) is 0 Å². The van der Waals surface area contributed by atoms with Crippen molar-refractivity contribution in [3.63, 3.8) is 0 Å². The number of rotatable bonds is 8. The Morgan fingerprint density at radius 1 is 1.35 bits per heavy atom. The average Bonchev–Trinajstić information content (AvgIpc) is 2.30. The smallest absolute Gasteiger partial charge is 0.0438 e. The maximum absolute atomic E-state index is 8.63. The number of aliphatic hydroxyl groups is 1. The van der Waals surface area contributed by atoms with Crippen molar-refractivity contribution < 1.29 is 5.11 Å². The lowest BCUT2D eigenvalue weighted by Gasteiger charge is -2.07. The lowest BCUT2D eigenvalue weighted by atomic mass is 10.2. The lowest BCUT2D eigenvalue weighted by Crippen LogP contribution is -2.17. The van der Waals surface area contributed by atoms with Gasteiger partial charge in [-0.2, -0.15) is 11.8 Å². The molecule has 1 rings (SSSR count). The van der Waals surface area contributed by atoms with Crippen molar-refractivity contribution in [3.05, 3.63) is 33.3 Å². The van der Waals surface area contributed by atoms with Gasteiger partial charge in [-0.25, -0.2) is 0 Å². The van der Waals surface area contributed by atoms with Gasteiger partial charge in [0.2, 0.25) is 0 Å². The molecule has 1 aromatic carbocycles. The third-order valence-electron chi connectivity index (χ3n) is 2.20. The van der Waals surface area contributed by atoms with E-state index in [4.69, 9.17) is 16.7 Å². The highest BCUT2D eigenvalue weighted by Gasteiger charge is 1.99. The Morgan fingerprint density at radius 3 is 2.88 bits per heavy atom. The van der Waals surface area contributed by atoms with Crippen molar-refractivity contribution in [2.75, 3.05) is 24.7 Å². The predicted molar refractivity (Wildman–Crippen MR) is 79.9 cm³/mol. The fourth-order valence-electron chi connectivity index (χ4n) is 1.30. The molecule has 0 bridgehead atoms. The molecule has 96 valence electrons. The highest BCUT2D eigenvalue weighted by Crippen LogP contribution is 2.21. The average molecular weight is 339 g/mol. The molecule has 0 saturated carbocycles. The Kier molecular flexibility index (Phi) is 8.31. The topological polar surface area (TPSA) is 32.3 Å². The Bertz CT molecular complexity index is 338. The Labute approximate surface area is 120 Å². The molecule has 0 unspecified atom stereocenters. The SMILES string of the molecule is OCCCSCCNCc1ccc(Cl)cc1Br. The van der Waals surface area contributed by atoms with Crippen LogP contribution in [0.2, 0.25) is 5.02 Å². The molecule has 0 aromatic heterocycles. The molecule has 0 spiro atoms. The minimum absolute atomic E-state index is 0.290. The van der Waals surface area contributed by atoms with Gasteiger partial charge in [-0.1, -0.05) is 33.6 Å². The number of hydrogen-bond donors (Lipinski definition) is 2. The van der Waals surface area contributed by atoms with Gasteiger partial charge in [0.05, 0.1) is 0 Å². The summed E-state index contributed by atoms with van der Waals surface area (Å²) in [4.78, 5) is 0. The summed E-state index contributed by atoms with van der Waals surface area (Å²) in [5.41, 5.74) is 1.22. The number of hydrogen-bond acceptors (Lipinski definition) is 3. The molecule has 0 aliphatic heterocycles. The van der Waals surface area contributed by atoms with Gasteiger partial charge in [-0.05, 0) is 29.9 Å². The van der Waals surface area contributed by atoms with E-state index in [9.17, 15) is 0 Å². The van der Waals surface area contributed by atoms with E-state index < -0.39 is 0 Å². The molecule has 0 radical (unpaired) electrons. The summed E-state index contributed by atoms with van der Waals surface area (Å²) in [7, 11) is 0. The summed E-state index contributed by atoms with van der Waals surface area (Å²) in [5.74, 6) is 2.11. The summed E-state index contributed by atoms with van der Waals surface area (Å²) in [6, 6.07) is 5.84. The van der Waals surface area contributed by atoms with Crippen molar-refractivity contribution in [2.45, 2.75) is 13.0 Å². The Balaban J connectivity index is 2.14. The van der Waals surface area contributed by atoms with Crippen molar-refractivity contribution in [3.8, 4) is 0 Å². The molecule has 1 aromatic rings. The van der Waals surface area contributed by atoms with Gasteiger partial charge in [0.25, 0.3) is 0 Å². The van der Waals surface area contributed by atoms with E-state index in [0.717, 1.165) is 40.5 Å². The van der Waals surface area contributed by atoms with Gasteiger partial charge in [0.15, 0.2) is 0 Å². The first kappa shape index (κ1) is 15.3. The minimum atomic E-state index is 0.290. The second-order valence-corrected chi connectivity index (χ2v) is 6.12. The molecule has 0 fully saturated rings. The molecule has 0 aliphatic carbocycles. The fourth-order valence-corrected chi connectivity index (χ4v) is 2.95. The van der Waals surface area contributed by atoms with Gasteiger partial charge < -0.3 is 10.4 Å². The van der Waals surface area contributed by atoms with E-state index >= 15 is 0 Å². The molecule has 2 nitrogen and oxygen atoms in total. The summed E-state index contributed by atoms with van der Waals surface area (Å²) in [5, 5.41) is 12.8. The van der Waals surface area contributed by atoms with Crippen LogP contribution in [0.3, 0.4) is 0 Å². The molecule has 0 saturated heterocycles. The standard InChI is InChI=1S/C12H17BrClNOS/c13-12-8-11(14)3-2-10(12)9-15-4-7-17-6-1-5-16/h2-3,8,15-16H,1,4-7,9H2. The van der Waals surface area contributed by atoms with Crippen molar-refractivity contribution in [1.29, 1.82) is 0 Å². The maximum atomic E-state index is 8.63. The zero-order valence-electron chi connectivity index (χ0n) is 9.59. The second-order valence-electron chi connectivity index (χ2n) is 3.60. The van der Waals surface area contributed by atoms with Gasteiger partial charge in [-0.15, -0.1) is 0 Å². The van der Waals surface area contributed by atoms with Crippen LogP contribution in [0, 0.1) is 0 Å². The first-order valence-electron chi connectivity index (χ1n) is 5.57. The second kappa shape index (κ2) is 9.22. The van der Waals surface area contributed by atoms with E-state index in [1.54, 1.807) is 0 Å². The summed E-state index contributed by atoms with van der Waals surface area (Å²) in [6.07, 6.45) is 0.882. The molecule has 0 amide bonds. The summed E-state index contributed by atoms with van der Waals surface area (Å²) < 4.78 is 1.05. The quantitative estimate of drug-likeness (QED) is 0.713. The molecule has 0 atom stereocenters. The zero-order valence-corrected chi connectivity index (χ0v) is 12.7. The number of aliphatic hydroxyl groups excluding tert-OH is 1. The fraction of sp³-hybridized carbons (Fsp3) is 0.500. The van der Waals surface area contributed by atoms with E-state index in [-0.39, 0.29) is 6.61 Å². The van der Waals surface area contributed by atoms with E-state index in [1.165, 1.54) is 5.56 Å². The van der Waals surface area contributed by atoms with Gasteiger partial charge in [0, 0.05) is 34.9 Å². The van der Waals surface area contributed by atoms with Crippen LogP contribution in [-0.4, -0.2) is 29.8 Å². The molecule has 0 heterocycles.